The monoisotopic (exact) mass is 540 g/mol. The molecule has 0 saturated heterocycles. The maximum absolute atomic E-state index is 9.85. The minimum absolute atomic E-state index is 0.261. The summed E-state index contributed by atoms with van der Waals surface area (Å²) in [7, 11) is 0. The van der Waals surface area contributed by atoms with E-state index in [9.17, 15) is 5.26 Å². The SMILES string of the molecule is CCOc1cc(C=Nc2sc3c(c2C#N)CC[C@@H](C(C)(C)C)C3)ccc1OCc1ccc(Cl)c(Cl)c1. The number of halogens is 2. The number of hydrogen-bond acceptors (Lipinski definition) is 5. The zero-order valence-electron chi connectivity index (χ0n) is 21.0. The molecule has 1 aliphatic carbocycles. The molecule has 0 fully saturated rings. The molecule has 7 heteroatoms. The van der Waals surface area contributed by atoms with Gasteiger partial charge in [0.2, 0.25) is 0 Å². The van der Waals surface area contributed by atoms with E-state index < -0.39 is 0 Å². The number of ether oxygens (including phenoxy) is 2. The second kappa shape index (κ2) is 11.3. The van der Waals surface area contributed by atoms with Gasteiger partial charge in [0.25, 0.3) is 0 Å². The van der Waals surface area contributed by atoms with Crippen molar-refractivity contribution in [2.75, 3.05) is 6.61 Å². The Balaban J connectivity index is 1.53. The zero-order chi connectivity index (χ0) is 25.9. The van der Waals surface area contributed by atoms with Gasteiger partial charge in [0.1, 0.15) is 17.7 Å². The highest BCUT2D eigenvalue weighted by Gasteiger charge is 2.32. The maximum Gasteiger partial charge on any atom is 0.161 e. The van der Waals surface area contributed by atoms with Gasteiger partial charge in [-0.15, -0.1) is 11.3 Å². The second-order valence-corrected chi connectivity index (χ2v) is 11.9. The van der Waals surface area contributed by atoms with Crippen LogP contribution in [0.5, 0.6) is 11.5 Å². The van der Waals surface area contributed by atoms with E-state index in [1.165, 1.54) is 10.4 Å². The molecule has 0 unspecified atom stereocenters. The van der Waals surface area contributed by atoms with Gasteiger partial charge < -0.3 is 9.47 Å². The summed E-state index contributed by atoms with van der Waals surface area (Å²) in [6.45, 7) is 9.68. The Labute approximate surface area is 227 Å². The summed E-state index contributed by atoms with van der Waals surface area (Å²) in [6, 6.07) is 13.6. The summed E-state index contributed by atoms with van der Waals surface area (Å²) in [5.41, 5.74) is 3.97. The Morgan fingerprint density at radius 1 is 1.11 bits per heavy atom. The average Bonchev–Trinajstić information content (AvgIpc) is 3.20. The molecule has 36 heavy (non-hydrogen) atoms. The number of thiophene rings is 1. The molecule has 3 aromatic rings. The molecule has 1 aliphatic rings. The molecule has 4 rings (SSSR count). The molecule has 0 aliphatic heterocycles. The topological polar surface area (TPSA) is 54.6 Å². The van der Waals surface area contributed by atoms with Gasteiger partial charge in [-0.1, -0.05) is 50.0 Å². The molecule has 0 amide bonds. The number of rotatable bonds is 7. The molecule has 0 N–H and O–H groups in total. The highest BCUT2D eigenvalue weighted by atomic mass is 35.5. The molecule has 0 bridgehead atoms. The van der Waals surface area contributed by atoms with Gasteiger partial charge >= 0.3 is 0 Å². The Morgan fingerprint density at radius 3 is 2.61 bits per heavy atom. The normalized spacial score (nSPS) is 15.5. The fourth-order valence-corrected chi connectivity index (χ4v) is 5.98. The largest absolute Gasteiger partial charge is 0.490 e. The highest BCUT2D eigenvalue weighted by molar-refractivity contribution is 7.16. The van der Waals surface area contributed by atoms with Gasteiger partial charge in [-0.25, -0.2) is 4.99 Å². The summed E-state index contributed by atoms with van der Waals surface area (Å²) >= 11 is 13.8. The molecular weight excluding hydrogens is 511 g/mol. The van der Waals surface area contributed by atoms with Crippen LogP contribution >= 0.6 is 34.5 Å². The lowest BCUT2D eigenvalue weighted by molar-refractivity contribution is 0.218. The smallest absolute Gasteiger partial charge is 0.161 e. The van der Waals surface area contributed by atoms with E-state index in [1.807, 2.05) is 31.2 Å². The third kappa shape index (κ3) is 6.06. The van der Waals surface area contributed by atoms with Gasteiger partial charge in [-0.05, 0) is 84.5 Å². The lowest BCUT2D eigenvalue weighted by atomic mass is 9.72. The molecule has 0 spiro atoms. The van der Waals surface area contributed by atoms with E-state index in [1.54, 1.807) is 29.7 Å². The van der Waals surface area contributed by atoms with Gasteiger partial charge in [0, 0.05) is 11.1 Å². The van der Waals surface area contributed by atoms with Crippen molar-refractivity contribution in [2.24, 2.45) is 16.3 Å². The molecule has 188 valence electrons. The predicted molar refractivity (Wildman–Crippen MR) is 150 cm³/mol. The van der Waals surface area contributed by atoms with Crippen LogP contribution in [0.2, 0.25) is 10.0 Å². The Hall–Kier alpha value is -2.52. The van der Waals surface area contributed by atoms with Crippen LogP contribution in [0.25, 0.3) is 0 Å². The highest BCUT2D eigenvalue weighted by Crippen LogP contribution is 2.45. The molecule has 1 aromatic heterocycles. The molecule has 1 atom stereocenters. The second-order valence-electron chi connectivity index (χ2n) is 10.0. The third-order valence-corrected chi connectivity index (χ3v) is 8.46. The molecule has 0 saturated carbocycles. The first-order chi connectivity index (χ1) is 17.2. The van der Waals surface area contributed by atoms with Crippen LogP contribution in [0, 0.1) is 22.7 Å². The lowest BCUT2D eigenvalue weighted by Gasteiger charge is -2.33. The number of aliphatic imine (C=N–C) groups is 1. The Kier molecular flexibility index (Phi) is 8.30. The first kappa shape index (κ1) is 26.5. The van der Waals surface area contributed by atoms with Crippen molar-refractivity contribution in [1.29, 1.82) is 5.26 Å². The van der Waals surface area contributed by atoms with Crippen molar-refractivity contribution >= 4 is 45.8 Å². The number of nitrogens with zero attached hydrogens (tertiary/aromatic N) is 2. The number of hydrogen-bond donors (Lipinski definition) is 0. The van der Waals surface area contributed by atoms with Crippen LogP contribution in [-0.2, 0) is 19.4 Å². The first-order valence-corrected chi connectivity index (χ1v) is 13.7. The molecule has 4 nitrogen and oxygen atoms in total. The van der Waals surface area contributed by atoms with Crippen LogP contribution in [0.15, 0.2) is 41.4 Å². The van der Waals surface area contributed by atoms with E-state index in [0.717, 1.165) is 41.0 Å². The van der Waals surface area contributed by atoms with Gasteiger partial charge in [-0.2, -0.15) is 5.26 Å². The van der Waals surface area contributed by atoms with Crippen LogP contribution < -0.4 is 9.47 Å². The maximum atomic E-state index is 9.85. The third-order valence-electron chi connectivity index (χ3n) is 6.56. The summed E-state index contributed by atoms with van der Waals surface area (Å²) in [5.74, 6) is 1.90. The van der Waals surface area contributed by atoms with Crippen LogP contribution in [0.3, 0.4) is 0 Å². The number of fused-ring (bicyclic) bond motifs is 1. The standard InChI is InChI=1S/C29H30Cl2N2O2S/c1-5-34-26-13-18(7-11-25(26)35-17-19-6-10-23(30)24(31)12-19)16-33-28-22(15-32)21-9-8-20(29(2,3)4)14-27(21)36-28/h6-7,10-13,16,20H,5,8-9,14,17H2,1-4H3/t20-/m1/s1. The Morgan fingerprint density at radius 2 is 1.92 bits per heavy atom. The van der Waals surface area contributed by atoms with Crippen molar-refractivity contribution in [1.82, 2.24) is 0 Å². The molecular formula is C29H30Cl2N2O2S. The van der Waals surface area contributed by atoms with Crippen molar-refractivity contribution < 1.29 is 9.47 Å². The molecule has 0 radical (unpaired) electrons. The van der Waals surface area contributed by atoms with Crippen LogP contribution in [-0.4, -0.2) is 12.8 Å². The van der Waals surface area contributed by atoms with E-state index in [-0.39, 0.29) is 5.41 Å². The van der Waals surface area contributed by atoms with Crippen LogP contribution in [0.4, 0.5) is 5.00 Å². The van der Waals surface area contributed by atoms with Gasteiger partial charge in [-0.3, -0.25) is 0 Å². The zero-order valence-corrected chi connectivity index (χ0v) is 23.4. The van der Waals surface area contributed by atoms with Crippen molar-refractivity contribution in [2.45, 2.75) is 53.6 Å². The summed E-state index contributed by atoms with van der Waals surface area (Å²) < 4.78 is 11.8. The van der Waals surface area contributed by atoms with E-state index >= 15 is 0 Å². The summed E-state index contributed by atoms with van der Waals surface area (Å²) in [4.78, 5) is 6.04. The van der Waals surface area contributed by atoms with E-state index in [2.05, 4.69) is 26.8 Å². The van der Waals surface area contributed by atoms with Crippen molar-refractivity contribution in [3.8, 4) is 17.6 Å². The van der Waals surface area contributed by atoms with E-state index in [0.29, 0.717) is 40.7 Å². The fourth-order valence-electron chi connectivity index (χ4n) is 4.43. The lowest BCUT2D eigenvalue weighted by Crippen LogP contribution is -2.26. The van der Waals surface area contributed by atoms with Gasteiger partial charge in [0.15, 0.2) is 11.5 Å². The number of nitriles is 1. The quantitative estimate of drug-likeness (QED) is 0.281. The van der Waals surface area contributed by atoms with Crippen LogP contribution in [0.1, 0.15) is 61.2 Å². The summed E-state index contributed by atoms with van der Waals surface area (Å²) in [5, 5.41) is 11.6. The van der Waals surface area contributed by atoms with E-state index in [4.69, 9.17) is 37.7 Å². The minimum atomic E-state index is 0.261. The molecule has 1 heterocycles. The summed E-state index contributed by atoms with van der Waals surface area (Å²) in [6.07, 6.45) is 4.88. The average molecular weight is 542 g/mol. The fraction of sp³-hybridized carbons (Fsp3) is 0.379. The Bertz CT molecular complexity index is 1320. The predicted octanol–water partition coefficient (Wildman–Crippen LogP) is 8.81. The van der Waals surface area contributed by atoms with Gasteiger partial charge in [0.05, 0.1) is 22.2 Å². The molecule has 2 aromatic carbocycles. The number of benzene rings is 2. The first-order valence-electron chi connectivity index (χ1n) is 12.1. The minimum Gasteiger partial charge on any atom is -0.490 e. The van der Waals surface area contributed by atoms with Crippen molar-refractivity contribution in [3.63, 3.8) is 0 Å². The van der Waals surface area contributed by atoms with Crippen molar-refractivity contribution in [3.05, 3.63) is 73.6 Å².